The van der Waals surface area contributed by atoms with Gasteiger partial charge in [0.2, 0.25) is 5.91 Å². The van der Waals surface area contributed by atoms with Gasteiger partial charge >= 0.3 is 29.6 Å². The molecule has 1 aliphatic heterocycles. The van der Waals surface area contributed by atoms with Crippen LogP contribution in [0, 0.1) is 11.3 Å². The maximum absolute atomic E-state index is 11.9. The van der Waals surface area contributed by atoms with Gasteiger partial charge in [-0.3, -0.25) is 4.79 Å². The van der Waals surface area contributed by atoms with Crippen LogP contribution in [-0.4, -0.2) is 16.9 Å². The fourth-order valence-electron chi connectivity index (χ4n) is 1.97. The summed E-state index contributed by atoms with van der Waals surface area (Å²) in [6.07, 6.45) is 1.22. The van der Waals surface area contributed by atoms with Crippen LogP contribution in [0.5, 0.6) is 0 Å². The molecular weight excluding hydrogens is 235 g/mol. The van der Waals surface area contributed by atoms with Gasteiger partial charge in [0.15, 0.2) is 5.11 Å². The van der Waals surface area contributed by atoms with Crippen molar-refractivity contribution in [1.82, 2.24) is 5.32 Å². The number of aliphatic imine (C=N–C) groups is 1. The number of amides is 1. The molecule has 0 bridgehead atoms. The summed E-state index contributed by atoms with van der Waals surface area (Å²) in [6, 6.07) is 0. The number of thiocarbonyl (C=S) groups is 1. The Morgan fingerprint density at radius 1 is 1.56 bits per heavy atom. The zero-order chi connectivity index (χ0) is 11.6. The number of nitrogens with zero attached hydrogens (tertiary/aromatic N) is 1. The third kappa shape index (κ3) is 2.47. The molecule has 0 spiro atoms. The molecule has 0 radical (unpaired) electrons. The van der Waals surface area contributed by atoms with Crippen molar-refractivity contribution >= 4 is 29.1 Å². The number of rotatable bonds is 3. The summed E-state index contributed by atoms with van der Waals surface area (Å²) < 4.78 is 0. The van der Waals surface area contributed by atoms with Gasteiger partial charge in [-0.2, -0.15) is 0 Å². The fourth-order valence-corrected chi connectivity index (χ4v) is 2.14. The molecule has 0 aromatic carbocycles. The Balaban J connectivity index is 0.00000225. The SMILES string of the molecule is CCC(C)C1(CC)C(=O)NC(=S)N=C1[O-].[Na+]. The first-order valence-corrected chi connectivity index (χ1v) is 5.51. The smallest absolute Gasteiger partial charge is 0.861 e. The van der Waals surface area contributed by atoms with Crippen molar-refractivity contribution < 1.29 is 39.5 Å². The van der Waals surface area contributed by atoms with Crippen molar-refractivity contribution in [3.8, 4) is 0 Å². The van der Waals surface area contributed by atoms with E-state index in [-0.39, 0.29) is 46.5 Å². The van der Waals surface area contributed by atoms with Crippen LogP contribution in [0.1, 0.15) is 33.6 Å². The first-order valence-electron chi connectivity index (χ1n) is 5.10. The predicted octanol–water partition coefficient (Wildman–Crippen LogP) is -2.39. The molecule has 84 valence electrons. The second-order valence-corrected chi connectivity index (χ2v) is 4.20. The number of hydrogen-bond donors (Lipinski definition) is 1. The van der Waals surface area contributed by atoms with Crippen LogP contribution in [0.25, 0.3) is 0 Å². The molecule has 6 heteroatoms. The van der Waals surface area contributed by atoms with Gasteiger partial charge in [-0.15, -0.1) is 0 Å². The van der Waals surface area contributed by atoms with E-state index in [4.69, 9.17) is 12.2 Å². The molecule has 0 aliphatic carbocycles. The van der Waals surface area contributed by atoms with E-state index in [9.17, 15) is 9.90 Å². The standard InChI is InChI=1S/C10H16N2O2S.Na/c1-4-6(3)10(5-2)7(13)11-9(15)12-8(10)14;/h6H,4-5H2,1-3H3,(H2,11,12,13,14,15);/q;+1/p-1. The summed E-state index contributed by atoms with van der Waals surface area (Å²) in [5.74, 6) is -0.723. The second-order valence-electron chi connectivity index (χ2n) is 3.81. The van der Waals surface area contributed by atoms with Crippen molar-refractivity contribution in [2.75, 3.05) is 0 Å². The largest absolute Gasteiger partial charge is 1.00 e. The number of hydrogen-bond acceptors (Lipinski definition) is 3. The molecule has 1 rings (SSSR count). The van der Waals surface area contributed by atoms with Crippen molar-refractivity contribution in [2.24, 2.45) is 16.3 Å². The Kier molecular flexibility index (Phi) is 6.11. The molecule has 0 fully saturated rings. The Bertz CT molecular complexity index is 333. The average Bonchev–Trinajstić information content (AvgIpc) is 2.17. The molecule has 1 N–H and O–H groups in total. The molecule has 1 aliphatic rings. The zero-order valence-electron chi connectivity index (χ0n) is 10.2. The van der Waals surface area contributed by atoms with Gasteiger partial charge in [0.05, 0.1) is 5.41 Å². The third-order valence-electron chi connectivity index (χ3n) is 3.22. The topological polar surface area (TPSA) is 64.5 Å². The van der Waals surface area contributed by atoms with Crippen LogP contribution in [0.15, 0.2) is 4.99 Å². The maximum Gasteiger partial charge on any atom is 1.00 e. The van der Waals surface area contributed by atoms with Crippen molar-refractivity contribution in [3.05, 3.63) is 0 Å². The minimum atomic E-state index is -1.02. The first kappa shape index (κ1) is 16.0. The van der Waals surface area contributed by atoms with Gasteiger partial charge < -0.3 is 10.4 Å². The molecule has 4 nitrogen and oxygen atoms in total. The van der Waals surface area contributed by atoms with Gasteiger partial charge in [-0.1, -0.05) is 27.2 Å². The van der Waals surface area contributed by atoms with Gasteiger partial charge in [-0.05, 0) is 30.5 Å². The summed E-state index contributed by atoms with van der Waals surface area (Å²) in [4.78, 5) is 15.6. The Labute approximate surface area is 123 Å². The molecule has 16 heavy (non-hydrogen) atoms. The fraction of sp³-hybridized carbons (Fsp3) is 0.700. The van der Waals surface area contributed by atoms with E-state index < -0.39 is 11.3 Å². The predicted molar refractivity (Wildman–Crippen MR) is 60.4 cm³/mol. The van der Waals surface area contributed by atoms with E-state index in [0.717, 1.165) is 6.42 Å². The van der Waals surface area contributed by atoms with E-state index in [1.54, 1.807) is 0 Å². The molecule has 0 aromatic rings. The molecule has 0 saturated heterocycles. The molecule has 2 atom stereocenters. The molecule has 0 saturated carbocycles. The van der Waals surface area contributed by atoms with E-state index in [1.807, 2.05) is 20.8 Å². The van der Waals surface area contributed by atoms with Crippen LogP contribution >= 0.6 is 12.2 Å². The first-order chi connectivity index (χ1) is 6.98. The van der Waals surface area contributed by atoms with Crippen LogP contribution in [0.4, 0.5) is 0 Å². The molecule has 0 aromatic heterocycles. The Morgan fingerprint density at radius 3 is 2.50 bits per heavy atom. The summed E-state index contributed by atoms with van der Waals surface area (Å²) in [7, 11) is 0. The summed E-state index contributed by atoms with van der Waals surface area (Å²) in [6.45, 7) is 5.67. The Hall–Kier alpha value is 0.0300. The van der Waals surface area contributed by atoms with Crippen molar-refractivity contribution in [3.63, 3.8) is 0 Å². The molecule has 2 unspecified atom stereocenters. The van der Waals surface area contributed by atoms with Gasteiger partial charge in [0.1, 0.15) is 0 Å². The van der Waals surface area contributed by atoms with Gasteiger partial charge in [0, 0.05) is 0 Å². The normalized spacial score (nSPS) is 26.6. The van der Waals surface area contributed by atoms with E-state index in [2.05, 4.69) is 10.3 Å². The number of carbonyl (C=O) groups excluding carboxylic acids is 1. The third-order valence-corrected chi connectivity index (χ3v) is 3.42. The van der Waals surface area contributed by atoms with Gasteiger partial charge in [0.25, 0.3) is 0 Å². The van der Waals surface area contributed by atoms with E-state index in [0.29, 0.717) is 6.42 Å². The number of nitrogens with one attached hydrogen (secondary N) is 1. The number of carbonyl (C=O) groups is 1. The van der Waals surface area contributed by atoms with Crippen LogP contribution in [0.3, 0.4) is 0 Å². The van der Waals surface area contributed by atoms with E-state index in [1.165, 1.54) is 0 Å². The maximum atomic E-state index is 11.9. The van der Waals surface area contributed by atoms with Crippen LogP contribution < -0.4 is 40.0 Å². The van der Waals surface area contributed by atoms with Crippen molar-refractivity contribution in [1.29, 1.82) is 0 Å². The van der Waals surface area contributed by atoms with E-state index >= 15 is 0 Å². The minimum Gasteiger partial charge on any atom is -0.861 e. The summed E-state index contributed by atoms with van der Waals surface area (Å²) >= 11 is 4.71. The molecule has 1 amide bonds. The average molecular weight is 250 g/mol. The summed E-state index contributed by atoms with van der Waals surface area (Å²) in [5.41, 5.74) is -1.02. The molecule has 1 heterocycles. The monoisotopic (exact) mass is 250 g/mol. The zero-order valence-corrected chi connectivity index (χ0v) is 13.0. The summed E-state index contributed by atoms with van der Waals surface area (Å²) in [5, 5.41) is 14.3. The minimum absolute atomic E-state index is 0. The quantitative estimate of drug-likeness (QED) is 0.449. The van der Waals surface area contributed by atoms with Crippen LogP contribution in [-0.2, 0) is 4.79 Å². The van der Waals surface area contributed by atoms with Crippen LogP contribution in [0.2, 0.25) is 0 Å². The van der Waals surface area contributed by atoms with Gasteiger partial charge in [-0.25, -0.2) is 4.99 Å². The molecular formula is C10H15N2NaO2S. The van der Waals surface area contributed by atoms with Crippen molar-refractivity contribution in [2.45, 2.75) is 33.6 Å². The second kappa shape index (κ2) is 6.10. The Morgan fingerprint density at radius 2 is 2.12 bits per heavy atom.